The maximum absolute atomic E-state index is 11.8. The van der Waals surface area contributed by atoms with Gasteiger partial charge in [0.25, 0.3) is 0 Å². The fraction of sp³-hybridized carbons (Fsp3) is 1.00. The van der Waals surface area contributed by atoms with Gasteiger partial charge in [0.2, 0.25) is 10.0 Å². The molecule has 9 heteroatoms. The van der Waals surface area contributed by atoms with Gasteiger partial charge in [-0.2, -0.15) is 0 Å². The molecule has 0 unspecified atom stereocenters. The number of likely N-dealkylation sites (N-methyl/N-ethyl adjacent to an activating group) is 1. The van der Waals surface area contributed by atoms with Gasteiger partial charge in [-0.05, 0) is 0 Å². The second kappa shape index (κ2) is 5.41. The first-order valence-electron chi connectivity index (χ1n) is 5.46. The summed E-state index contributed by atoms with van der Waals surface area (Å²) in [6, 6.07) is 0. The van der Waals surface area contributed by atoms with Gasteiger partial charge in [-0.15, -0.1) is 0 Å². The first-order chi connectivity index (χ1) is 8.04. The van der Waals surface area contributed by atoms with Gasteiger partial charge in [-0.3, -0.25) is 0 Å². The van der Waals surface area contributed by atoms with Gasteiger partial charge in [-0.1, -0.05) is 0 Å². The minimum Gasteiger partial charge on any atom is -0.388 e. The summed E-state index contributed by atoms with van der Waals surface area (Å²) >= 11 is 0. The lowest BCUT2D eigenvalue weighted by molar-refractivity contribution is -0.0689. The van der Waals surface area contributed by atoms with Gasteiger partial charge in [0.15, 0.2) is 14.9 Å². The number of ether oxygens (including phenoxy) is 1. The molecule has 0 radical (unpaired) electrons. The minimum atomic E-state index is -3.91. The van der Waals surface area contributed by atoms with Crippen molar-refractivity contribution < 1.29 is 26.7 Å². The van der Waals surface area contributed by atoms with Gasteiger partial charge >= 0.3 is 0 Å². The van der Waals surface area contributed by atoms with Crippen molar-refractivity contribution >= 4 is 19.9 Å². The van der Waals surface area contributed by atoms with E-state index in [0.717, 1.165) is 10.6 Å². The Morgan fingerprint density at radius 1 is 1.22 bits per heavy atom. The molecular formula is C9H19NO6S2. The predicted octanol–water partition coefficient (Wildman–Crippen LogP) is -1.21. The number of nitrogens with zero attached hydrogens (tertiary/aromatic N) is 1. The van der Waals surface area contributed by atoms with Crippen molar-refractivity contribution in [2.24, 2.45) is 0 Å². The summed E-state index contributed by atoms with van der Waals surface area (Å²) in [5.41, 5.74) is -1.14. The number of sulfonamides is 1. The van der Waals surface area contributed by atoms with E-state index in [4.69, 9.17) is 4.74 Å². The van der Waals surface area contributed by atoms with Crippen molar-refractivity contribution in [3.05, 3.63) is 0 Å². The van der Waals surface area contributed by atoms with Crippen molar-refractivity contribution in [2.45, 2.75) is 18.4 Å². The van der Waals surface area contributed by atoms with Gasteiger partial charge in [0.1, 0.15) is 0 Å². The summed E-state index contributed by atoms with van der Waals surface area (Å²) in [5.74, 6) is 0. The van der Waals surface area contributed by atoms with Crippen molar-refractivity contribution in [3.63, 3.8) is 0 Å². The molecule has 1 fully saturated rings. The maximum Gasteiger partial charge on any atom is 0.228 e. The van der Waals surface area contributed by atoms with Crippen molar-refractivity contribution in [1.29, 1.82) is 0 Å². The van der Waals surface area contributed by atoms with Crippen molar-refractivity contribution in [2.75, 3.05) is 38.1 Å². The molecule has 0 aromatic carbocycles. The molecule has 1 aliphatic heterocycles. The van der Waals surface area contributed by atoms with Gasteiger partial charge in [0, 0.05) is 45.9 Å². The number of sulfone groups is 1. The topological polar surface area (TPSA) is 101 Å². The normalized spacial score (nSPS) is 21.1. The number of hydrogen-bond acceptors (Lipinski definition) is 6. The highest BCUT2D eigenvalue weighted by Gasteiger charge is 2.35. The van der Waals surface area contributed by atoms with Crippen LogP contribution in [0.1, 0.15) is 12.8 Å². The second-order valence-electron chi connectivity index (χ2n) is 4.75. The van der Waals surface area contributed by atoms with Crippen LogP contribution in [-0.2, 0) is 24.6 Å². The van der Waals surface area contributed by atoms with Crippen LogP contribution in [0, 0.1) is 0 Å². The highest BCUT2D eigenvalue weighted by Crippen LogP contribution is 2.22. The second-order valence-corrected chi connectivity index (χ2v) is 9.33. The predicted molar refractivity (Wildman–Crippen MR) is 66.3 cm³/mol. The van der Waals surface area contributed by atoms with Crippen LogP contribution in [0.2, 0.25) is 0 Å². The molecule has 0 atom stereocenters. The highest BCUT2D eigenvalue weighted by atomic mass is 32.3. The largest absolute Gasteiger partial charge is 0.388 e. The third kappa shape index (κ3) is 4.81. The molecule has 1 N–H and O–H groups in total. The Balaban J connectivity index is 2.72. The fourth-order valence-electron chi connectivity index (χ4n) is 1.78. The first kappa shape index (κ1) is 15.8. The fourth-order valence-corrected chi connectivity index (χ4v) is 5.10. The lowest BCUT2D eigenvalue weighted by Crippen LogP contribution is -2.48. The van der Waals surface area contributed by atoms with Gasteiger partial charge in [0.05, 0.1) is 5.60 Å². The Kier molecular flexibility index (Phi) is 4.76. The molecule has 1 rings (SSSR count). The third-order valence-corrected chi connectivity index (χ3v) is 6.76. The van der Waals surface area contributed by atoms with E-state index in [2.05, 4.69) is 0 Å². The molecule has 0 saturated carbocycles. The summed E-state index contributed by atoms with van der Waals surface area (Å²) in [6.07, 6.45) is 1.54. The van der Waals surface area contributed by atoms with Gasteiger partial charge in [-0.25, -0.2) is 21.1 Å². The summed E-state index contributed by atoms with van der Waals surface area (Å²) in [6.45, 7) is 0.626. The Bertz CT molecular complexity index is 477. The molecule has 1 aliphatic rings. The number of rotatable bonds is 5. The molecule has 108 valence electrons. The lowest BCUT2D eigenvalue weighted by Gasteiger charge is -2.34. The van der Waals surface area contributed by atoms with Crippen LogP contribution in [0.4, 0.5) is 0 Å². The summed E-state index contributed by atoms with van der Waals surface area (Å²) in [4.78, 5) is 0. The molecule has 0 aliphatic carbocycles. The molecule has 18 heavy (non-hydrogen) atoms. The van der Waals surface area contributed by atoms with Gasteiger partial charge < -0.3 is 9.84 Å². The molecule has 0 spiro atoms. The SMILES string of the molecule is CN(CC1(O)CCOCC1)S(=O)(=O)CS(C)(=O)=O. The Labute approximate surface area is 108 Å². The van der Waals surface area contributed by atoms with E-state index in [0.29, 0.717) is 26.1 Å². The zero-order valence-electron chi connectivity index (χ0n) is 10.5. The molecular weight excluding hydrogens is 282 g/mol. The number of aliphatic hydroxyl groups is 1. The van der Waals surface area contributed by atoms with E-state index in [1.54, 1.807) is 0 Å². The molecule has 0 aromatic heterocycles. The summed E-state index contributed by atoms with van der Waals surface area (Å²) in [5, 5.41) is 9.23. The molecule has 0 aromatic rings. The number of hydrogen-bond donors (Lipinski definition) is 1. The Hall–Kier alpha value is -0.220. The molecule has 7 nitrogen and oxygen atoms in total. The zero-order valence-corrected chi connectivity index (χ0v) is 12.1. The first-order valence-corrected chi connectivity index (χ1v) is 9.13. The maximum atomic E-state index is 11.8. The van der Waals surface area contributed by atoms with E-state index in [1.165, 1.54) is 7.05 Å². The van der Waals surface area contributed by atoms with Crippen LogP contribution in [-0.4, -0.2) is 70.0 Å². The molecule has 1 saturated heterocycles. The van der Waals surface area contributed by atoms with Crippen LogP contribution in [0.3, 0.4) is 0 Å². The van der Waals surface area contributed by atoms with E-state index < -0.39 is 30.5 Å². The summed E-state index contributed by atoms with van der Waals surface area (Å²) in [7, 11) is -6.26. The van der Waals surface area contributed by atoms with Crippen molar-refractivity contribution in [3.8, 4) is 0 Å². The van der Waals surface area contributed by atoms with Crippen LogP contribution in [0.5, 0.6) is 0 Å². The minimum absolute atomic E-state index is 0.117. The monoisotopic (exact) mass is 301 g/mol. The quantitative estimate of drug-likeness (QED) is 0.684. The average molecular weight is 301 g/mol. The van der Waals surface area contributed by atoms with E-state index in [-0.39, 0.29) is 6.54 Å². The molecule has 1 heterocycles. The molecule has 0 bridgehead atoms. The lowest BCUT2D eigenvalue weighted by atomic mass is 9.95. The van der Waals surface area contributed by atoms with Crippen LogP contribution < -0.4 is 0 Å². The smallest absolute Gasteiger partial charge is 0.228 e. The van der Waals surface area contributed by atoms with Crippen LogP contribution in [0.25, 0.3) is 0 Å². The van der Waals surface area contributed by atoms with E-state index in [9.17, 15) is 21.9 Å². The average Bonchev–Trinajstić information content (AvgIpc) is 2.14. The third-order valence-electron chi connectivity index (χ3n) is 2.78. The van der Waals surface area contributed by atoms with E-state index >= 15 is 0 Å². The van der Waals surface area contributed by atoms with Crippen LogP contribution in [0.15, 0.2) is 0 Å². The molecule has 0 amide bonds. The summed E-state index contributed by atoms with van der Waals surface area (Å²) < 4.78 is 51.6. The van der Waals surface area contributed by atoms with Crippen molar-refractivity contribution in [1.82, 2.24) is 4.31 Å². The Morgan fingerprint density at radius 2 is 1.72 bits per heavy atom. The van der Waals surface area contributed by atoms with E-state index in [1.807, 2.05) is 0 Å². The zero-order chi connectivity index (χ0) is 14.0. The van der Waals surface area contributed by atoms with Crippen LogP contribution >= 0.6 is 0 Å². The standard InChI is InChI=1S/C9H19NO6S2/c1-10(18(14,15)8-17(2,12)13)7-9(11)3-5-16-6-4-9/h11H,3-8H2,1-2H3. The Morgan fingerprint density at radius 3 is 2.17 bits per heavy atom. The highest BCUT2D eigenvalue weighted by molar-refractivity contribution is 8.06.